The molecular weight excluding hydrogens is 230 g/mol. The van der Waals surface area contributed by atoms with Crippen LogP contribution < -0.4 is 5.73 Å². The van der Waals surface area contributed by atoms with Gasteiger partial charge in [-0.3, -0.25) is 4.79 Å². The highest BCUT2D eigenvalue weighted by Crippen LogP contribution is 2.30. The van der Waals surface area contributed by atoms with Crippen molar-refractivity contribution in [1.29, 1.82) is 0 Å². The molecule has 0 atom stereocenters. The number of carbonyl (C=O) groups excluding carboxylic acids is 1. The molecule has 0 radical (unpaired) electrons. The van der Waals surface area contributed by atoms with Gasteiger partial charge in [0, 0.05) is 19.8 Å². The van der Waals surface area contributed by atoms with E-state index in [1.807, 2.05) is 0 Å². The van der Waals surface area contributed by atoms with Crippen LogP contribution in [0.4, 0.5) is 5.82 Å². The third kappa shape index (κ3) is 2.79. The summed E-state index contributed by atoms with van der Waals surface area (Å²) in [5.41, 5.74) is 5.26. The first-order valence-corrected chi connectivity index (χ1v) is 6.20. The molecule has 5 nitrogen and oxygen atoms in total. The third-order valence-electron chi connectivity index (χ3n) is 3.45. The van der Waals surface area contributed by atoms with Crippen LogP contribution in [-0.4, -0.2) is 40.1 Å². The van der Waals surface area contributed by atoms with Gasteiger partial charge in [0.15, 0.2) is 0 Å². The Balaban J connectivity index is 2.02. The first kappa shape index (κ1) is 12.8. The second kappa shape index (κ2) is 4.94. The van der Waals surface area contributed by atoms with E-state index in [1.165, 1.54) is 6.20 Å². The Labute approximate surface area is 107 Å². The molecule has 0 spiro atoms. The Morgan fingerprint density at radius 3 is 2.72 bits per heavy atom. The molecule has 98 valence electrons. The molecule has 0 aromatic carbocycles. The average molecular weight is 249 g/mol. The Hall–Kier alpha value is -1.62. The van der Waals surface area contributed by atoms with Gasteiger partial charge in [-0.15, -0.1) is 0 Å². The number of amides is 1. The Morgan fingerprint density at radius 2 is 2.17 bits per heavy atom. The molecule has 1 fully saturated rings. The number of hydrogen-bond acceptors (Lipinski definition) is 4. The highest BCUT2D eigenvalue weighted by Gasteiger charge is 2.33. The number of rotatable bonds is 3. The van der Waals surface area contributed by atoms with Gasteiger partial charge in [-0.25, -0.2) is 4.98 Å². The molecule has 18 heavy (non-hydrogen) atoms. The molecule has 3 N–H and O–H groups in total. The number of likely N-dealkylation sites (N-methyl/N-ethyl adjacent to an activating group) is 1. The molecule has 0 aliphatic heterocycles. The molecule has 0 unspecified atom stereocenters. The molecule has 1 aliphatic carbocycles. The minimum atomic E-state index is -0.717. The van der Waals surface area contributed by atoms with Crippen LogP contribution >= 0.6 is 0 Å². The molecule has 0 bridgehead atoms. The van der Waals surface area contributed by atoms with E-state index in [-0.39, 0.29) is 5.91 Å². The van der Waals surface area contributed by atoms with Gasteiger partial charge in [0.1, 0.15) is 5.82 Å². The fraction of sp³-hybridized carbons (Fsp3) is 0.538. The summed E-state index contributed by atoms with van der Waals surface area (Å²) >= 11 is 0. The fourth-order valence-corrected chi connectivity index (χ4v) is 2.46. The lowest BCUT2D eigenvalue weighted by molar-refractivity contribution is 0.0156. The van der Waals surface area contributed by atoms with Crippen molar-refractivity contribution in [3.8, 4) is 0 Å². The molecule has 2 rings (SSSR count). The van der Waals surface area contributed by atoms with Gasteiger partial charge in [-0.1, -0.05) is 12.8 Å². The van der Waals surface area contributed by atoms with Crippen molar-refractivity contribution in [3.05, 3.63) is 23.9 Å². The van der Waals surface area contributed by atoms with Gasteiger partial charge in [0.2, 0.25) is 0 Å². The van der Waals surface area contributed by atoms with Gasteiger partial charge in [0.05, 0.1) is 11.2 Å². The third-order valence-corrected chi connectivity index (χ3v) is 3.45. The maximum atomic E-state index is 12.1. The van der Waals surface area contributed by atoms with E-state index < -0.39 is 5.60 Å². The maximum Gasteiger partial charge on any atom is 0.255 e. The summed E-state index contributed by atoms with van der Waals surface area (Å²) in [5.74, 6) is 0.256. The van der Waals surface area contributed by atoms with Crippen molar-refractivity contribution in [2.75, 3.05) is 19.3 Å². The lowest BCUT2D eigenvalue weighted by atomic mass is 10.0. The Kier molecular flexibility index (Phi) is 3.52. The molecule has 1 aliphatic rings. The molecule has 1 heterocycles. The van der Waals surface area contributed by atoms with Crippen LogP contribution in [0.25, 0.3) is 0 Å². The van der Waals surface area contributed by atoms with Gasteiger partial charge in [0.25, 0.3) is 5.91 Å². The monoisotopic (exact) mass is 249 g/mol. The number of anilines is 1. The van der Waals surface area contributed by atoms with Gasteiger partial charge in [-0.2, -0.15) is 0 Å². The SMILES string of the molecule is CN(CC1(O)CCCC1)C(=O)c1ccc(N)nc1. The summed E-state index contributed by atoms with van der Waals surface area (Å²) in [7, 11) is 1.70. The second-order valence-corrected chi connectivity index (χ2v) is 5.06. The number of carbonyl (C=O) groups is 1. The van der Waals surface area contributed by atoms with Crippen LogP contribution in [-0.2, 0) is 0 Å². The zero-order valence-electron chi connectivity index (χ0n) is 10.6. The predicted octanol–water partition coefficient (Wildman–Crippen LogP) is 1.04. The van der Waals surface area contributed by atoms with Crippen molar-refractivity contribution >= 4 is 11.7 Å². The number of nitrogen functional groups attached to an aromatic ring is 1. The van der Waals surface area contributed by atoms with E-state index >= 15 is 0 Å². The lowest BCUT2D eigenvalue weighted by Crippen LogP contribution is -2.42. The molecule has 0 saturated heterocycles. The number of hydrogen-bond donors (Lipinski definition) is 2. The number of pyridine rings is 1. The quantitative estimate of drug-likeness (QED) is 0.839. The lowest BCUT2D eigenvalue weighted by Gasteiger charge is -2.28. The normalized spacial score (nSPS) is 17.7. The average Bonchev–Trinajstić information content (AvgIpc) is 2.76. The molecule has 5 heteroatoms. The van der Waals surface area contributed by atoms with Crippen LogP contribution in [0, 0.1) is 0 Å². The van der Waals surface area contributed by atoms with Crippen molar-refractivity contribution in [1.82, 2.24) is 9.88 Å². The van der Waals surface area contributed by atoms with Crippen LogP contribution in [0.3, 0.4) is 0 Å². The van der Waals surface area contributed by atoms with Crippen molar-refractivity contribution in [2.24, 2.45) is 0 Å². The summed E-state index contributed by atoms with van der Waals surface area (Å²) in [5, 5.41) is 10.3. The summed E-state index contributed by atoms with van der Waals surface area (Å²) in [4.78, 5) is 17.6. The van der Waals surface area contributed by atoms with E-state index in [0.29, 0.717) is 17.9 Å². The topological polar surface area (TPSA) is 79.5 Å². The van der Waals surface area contributed by atoms with Crippen LogP contribution in [0.1, 0.15) is 36.0 Å². The molecule has 1 amide bonds. The fourth-order valence-electron chi connectivity index (χ4n) is 2.46. The van der Waals surface area contributed by atoms with E-state index in [1.54, 1.807) is 24.1 Å². The van der Waals surface area contributed by atoms with Crippen LogP contribution in [0.2, 0.25) is 0 Å². The summed E-state index contributed by atoms with van der Waals surface area (Å²) in [6.45, 7) is 0.371. The number of nitrogens with zero attached hydrogens (tertiary/aromatic N) is 2. The van der Waals surface area contributed by atoms with Crippen molar-refractivity contribution < 1.29 is 9.90 Å². The van der Waals surface area contributed by atoms with Gasteiger partial charge >= 0.3 is 0 Å². The molecule has 1 aromatic rings. The summed E-state index contributed by atoms with van der Waals surface area (Å²) in [6.07, 6.45) is 5.06. The minimum absolute atomic E-state index is 0.136. The van der Waals surface area contributed by atoms with Crippen molar-refractivity contribution in [3.63, 3.8) is 0 Å². The predicted molar refractivity (Wildman–Crippen MR) is 69.0 cm³/mol. The summed E-state index contributed by atoms with van der Waals surface area (Å²) < 4.78 is 0. The molecule has 1 saturated carbocycles. The second-order valence-electron chi connectivity index (χ2n) is 5.06. The zero-order valence-corrected chi connectivity index (χ0v) is 10.6. The molecular formula is C13H19N3O2. The molecule has 1 aromatic heterocycles. The highest BCUT2D eigenvalue weighted by molar-refractivity contribution is 5.93. The number of aromatic nitrogens is 1. The van der Waals surface area contributed by atoms with E-state index in [2.05, 4.69) is 4.98 Å². The Bertz CT molecular complexity index is 424. The minimum Gasteiger partial charge on any atom is -0.388 e. The number of aliphatic hydroxyl groups is 1. The standard InChI is InChI=1S/C13H19N3O2/c1-16(9-13(18)6-2-3-7-13)12(17)10-4-5-11(14)15-8-10/h4-5,8,18H,2-3,6-7,9H2,1H3,(H2,14,15). The maximum absolute atomic E-state index is 12.1. The largest absolute Gasteiger partial charge is 0.388 e. The van der Waals surface area contributed by atoms with E-state index in [4.69, 9.17) is 5.73 Å². The number of nitrogens with two attached hydrogens (primary N) is 1. The van der Waals surface area contributed by atoms with Crippen molar-refractivity contribution in [2.45, 2.75) is 31.3 Å². The van der Waals surface area contributed by atoms with Crippen LogP contribution in [0.5, 0.6) is 0 Å². The van der Waals surface area contributed by atoms with E-state index in [9.17, 15) is 9.90 Å². The first-order chi connectivity index (χ1) is 8.50. The van der Waals surface area contributed by atoms with Gasteiger partial charge in [-0.05, 0) is 25.0 Å². The van der Waals surface area contributed by atoms with Gasteiger partial charge < -0.3 is 15.7 Å². The smallest absolute Gasteiger partial charge is 0.255 e. The summed E-state index contributed by atoms with van der Waals surface area (Å²) in [6, 6.07) is 3.26. The van der Waals surface area contributed by atoms with E-state index in [0.717, 1.165) is 25.7 Å². The first-order valence-electron chi connectivity index (χ1n) is 6.20. The zero-order chi connectivity index (χ0) is 13.2. The highest BCUT2D eigenvalue weighted by atomic mass is 16.3. The Morgan fingerprint density at radius 1 is 1.50 bits per heavy atom. The van der Waals surface area contributed by atoms with Crippen LogP contribution in [0.15, 0.2) is 18.3 Å².